The molecule has 3 rings (SSSR count). The lowest BCUT2D eigenvalue weighted by molar-refractivity contribution is 0.274. The van der Waals surface area contributed by atoms with Gasteiger partial charge in [-0.1, -0.05) is 13.0 Å². The highest BCUT2D eigenvalue weighted by Gasteiger charge is 2.20. The van der Waals surface area contributed by atoms with Gasteiger partial charge in [0.05, 0.1) is 0 Å². The Morgan fingerprint density at radius 3 is 2.95 bits per heavy atom. The maximum atomic E-state index is 13.7. The van der Waals surface area contributed by atoms with E-state index in [1.54, 1.807) is 12.1 Å². The topological polar surface area (TPSA) is 12.5 Å². The molecule has 0 fully saturated rings. The van der Waals surface area contributed by atoms with Gasteiger partial charge in [-0.15, -0.1) is 0 Å². The van der Waals surface area contributed by atoms with Crippen molar-refractivity contribution in [1.29, 1.82) is 0 Å². The SMILES string of the molecule is CCN1CCC=C(COc2ccc(F)c3c2CCC3)C1. The molecule has 1 aliphatic carbocycles. The molecule has 0 aromatic heterocycles. The number of hydrogen-bond donors (Lipinski definition) is 0. The number of ether oxygens (including phenoxy) is 1. The Balaban J connectivity index is 1.68. The van der Waals surface area contributed by atoms with E-state index in [2.05, 4.69) is 17.9 Å². The first kappa shape index (κ1) is 13.6. The minimum atomic E-state index is -0.0705. The second-order valence-electron chi connectivity index (χ2n) is 5.66. The fraction of sp³-hybridized carbons (Fsp3) is 0.529. The fourth-order valence-electron chi connectivity index (χ4n) is 3.19. The minimum Gasteiger partial charge on any atom is -0.489 e. The van der Waals surface area contributed by atoms with E-state index in [1.807, 2.05) is 0 Å². The number of halogens is 1. The van der Waals surface area contributed by atoms with Crippen LogP contribution in [0.15, 0.2) is 23.8 Å². The molecule has 108 valence electrons. The molecule has 0 bridgehead atoms. The van der Waals surface area contributed by atoms with Crippen LogP contribution < -0.4 is 4.74 Å². The largest absolute Gasteiger partial charge is 0.489 e. The van der Waals surface area contributed by atoms with Crippen LogP contribution in [0.25, 0.3) is 0 Å². The minimum absolute atomic E-state index is 0.0705. The predicted molar refractivity (Wildman–Crippen MR) is 78.7 cm³/mol. The lowest BCUT2D eigenvalue weighted by Crippen LogP contribution is -2.31. The third-order valence-corrected chi connectivity index (χ3v) is 4.35. The molecule has 20 heavy (non-hydrogen) atoms. The standard InChI is InChI=1S/C17H22FNO/c1-2-19-10-4-5-13(11-19)12-20-17-9-8-16(18)14-6-3-7-15(14)17/h5,8-9H,2-4,6-7,10-12H2,1H3. The zero-order valence-corrected chi connectivity index (χ0v) is 12.1. The summed E-state index contributed by atoms with van der Waals surface area (Å²) in [7, 11) is 0. The van der Waals surface area contributed by atoms with Crippen molar-refractivity contribution in [2.75, 3.05) is 26.2 Å². The molecule has 0 amide bonds. The Morgan fingerprint density at radius 2 is 2.10 bits per heavy atom. The van der Waals surface area contributed by atoms with E-state index in [0.29, 0.717) is 6.61 Å². The van der Waals surface area contributed by atoms with Gasteiger partial charge in [0.25, 0.3) is 0 Å². The summed E-state index contributed by atoms with van der Waals surface area (Å²) < 4.78 is 19.7. The Bertz CT molecular complexity index is 524. The van der Waals surface area contributed by atoms with Crippen molar-refractivity contribution in [3.05, 3.63) is 40.7 Å². The first-order chi connectivity index (χ1) is 9.78. The van der Waals surface area contributed by atoms with Crippen LogP contribution in [0, 0.1) is 5.82 Å². The molecular formula is C17H22FNO. The molecule has 0 radical (unpaired) electrons. The highest BCUT2D eigenvalue weighted by Crippen LogP contribution is 2.32. The van der Waals surface area contributed by atoms with Crippen LogP contribution in [0.2, 0.25) is 0 Å². The van der Waals surface area contributed by atoms with Crippen LogP contribution >= 0.6 is 0 Å². The maximum absolute atomic E-state index is 13.7. The molecule has 0 saturated heterocycles. The molecule has 1 aliphatic heterocycles. The van der Waals surface area contributed by atoms with Gasteiger partial charge in [-0.05, 0) is 55.5 Å². The lowest BCUT2D eigenvalue weighted by atomic mass is 10.1. The first-order valence-corrected chi connectivity index (χ1v) is 7.61. The van der Waals surface area contributed by atoms with Gasteiger partial charge >= 0.3 is 0 Å². The number of rotatable bonds is 4. The summed E-state index contributed by atoms with van der Waals surface area (Å²) in [5.74, 6) is 0.812. The second-order valence-corrected chi connectivity index (χ2v) is 5.66. The molecule has 2 nitrogen and oxygen atoms in total. The monoisotopic (exact) mass is 275 g/mol. The van der Waals surface area contributed by atoms with E-state index in [1.165, 1.54) is 5.57 Å². The summed E-state index contributed by atoms with van der Waals surface area (Å²) in [6.45, 7) is 6.06. The molecule has 0 spiro atoms. The van der Waals surface area contributed by atoms with Crippen molar-refractivity contribution < 1.29 is 9.13 Å². The van der Waals surface area contributed by atoms with Crippen molar-refractivity contribution in [2.45, 2.75) is 32.6 Å². The first-order valence-electron chi connectivity index (χ1n) is 7.61. The van der Waals surface area contributed by atoms with Gasteiger partial charge in [0, 0.05) is 18.7 Å². The van der Waals surface area contributed by atoms with Gasteiger partial charge in [0.15, 0.2) is 0 Å². The zero-order chi connectivity index (χ0) is 13.9. The zero-order valence-electron chi connectivity index (χ0n) is 12.1. The Hall–Kier alpha value is -1.35. The number of nitrogens with zero attached hydrogens (tertiary/aromatic N) is 1. The summed E-state index contributed by atoms with van der Waals surface area (Å²) in [5, 5.41) is 0. The molecule has 1 heterocycles. The number of hydrogen-bond acceptors (Lipinski definition) is 2. The summed E-state index contributed by atoms with van der Waals surface area (Å²) in [5.41, 5.74) is 3.30. The average Bonchev–Trinajstić information content (AvgIpc) is 2.97. The maximum Gasteiger partial charge on any atom is 0.126 e. The third kappa shape index (κ3) is 2.73. The average molecular weight is 275 g/mol. The van der Waals surface area contributed by atoms with Crippen LogP contribution in [0.3, 0.4) is 0 Å². The van der Waals surface area contributed by atoms with Gasteiger partial charge in [-0.3, -0.25) is 4.90 Å². The fourth-order valence-corrected chi connectivity index (χ4v) is 3.19. The smallest absolute Gasteiger partial charge is 0.126 e. The summed E-state index contributed by atoms with van der Waals surface area (Å²) in [4.78, 5) is 2.42. The predicted octanol–water partition coefficient (Wildman–Crippen LogP) is 3.35. The van der Waals surface area contributed by atoms with Crippen LogP contribution in [-0.4, -0.2) is 31.1 Å². The summed E-state index contributed by atoms with van der Waals surface area (Å²) in [6, 6.07) is 3.34. The molecule has 0 saturated carbocycles. The highest BCUT2D eigenvalue weighted by atomic mass is 19.1. The number of likely N-dealkylation sites (N-methyl/N-ethyl adjacent to an activating group) is 1. The molecule has 1 aromatic carbocycles. The van der Waals surface area contributed by atoms with Gasteiger partial charge in [0.2, 0.25) is 0 Å². The van der Waals surface area contributed by atoms with E-state index >= 15 is 0 Å². The number of benzene rings is 1. The van der Waals surface area contributed by atoms with Crippen LogP contribution in [-0.2, 0) is 12.8 Å². The van der Waals surface area contributed by atoms with E-state index in [0.717, 1.165) is 62.2 Å². The molecule has 0 N–H and O–H groups in total. The third-order valence-electron chi connectivity index (χ3n) is 4.35. The van der Waals surface area contributed by atoms with Crippen molar-refractivity contribution in [2.24, 2.45) is 0 Å². The van der Waals surface area contributed by atoms with E-state index in [9.17, 15) is 4.39 Å². The molecule has 0 atom stereocenters. The van der Waals surface area contributed by atoms with Gasteiger partial charge < -0.3 is 4.74 Å². The lowest BCUT2D eigenvalue weighted by Gasteiger charge is -2.26. The quantitative estimate of drug-likeness (QED) is 0.781. The Labute approximate surface area is 120 Å². The van der Waals surface area contributed by atoms with E-state index in [-0.39, 0.29) is 5.82 Å². The number of fused-ring (bicyclic) bond motifs is 1. The van der Waals surface area contributed by atoms with Crippen molar-refractivity contribution in [3.63, 3.8) is 0 Å². The Morgan fingerprint density at radius 1 is 1.25 bits per heavy atom. The Kier molecular flexibility index (Phi) is 4.06. The molecule has 1 aromatic rings. The second kappa shape index (κ2) is 5.96. The molecule has 2 aliphatic rings. The molecule has 3 heteroatoms. The molecular weight excluding hydrogens is 253 g/mol. The van der Waals surface area contributed by atoms with Crippen molar-refractivity contribution >= 4 is 0 Å². The van der Waals surface area contributed by atoms with Crippen molar-refractivity contribution in [1.82, 2.24) is 4.90 Å². The highest BCUT2D eigenvalue weighted by molar-refractivity contribution is 5.44. The van der Waals surface area contributed by atoms with Crippen LogP contribution in [0.5, 0.6) is 5.75 Å². The van der Waals surface area contributed by atoms with Gasteiger partial charge in [-0.25, -0.2) is 4.39 Å². The van der Waals surface area contributed by atoms with Crippen molar-refractivity contribution in [3.8, 4) is 5.75 Å². The summed E-state index contributed by atoms with van der Waals surface area (Å²) in [6.07, 6.45) is 6.23. The molecule has 0 unspecified atom stereocenters. The van der Waals surface area contributed by atoms with Gasteiger partial charge in [0.1, 0.15) is 18.2 Å². The van der Waals surface area contributed by atoms with Crippen LogP contribution in [0.1, 0.15) is 30.9 Å². The van der Waals surface area contributed by atoms with Crippen LogP contribution in [0.4, 0.5) is 4.39 Å². The van der Waals surface area contributed by atoms with Gasteiger partial charge in [-0.2, -0.15) is 0 Å². The normalized spacial score (nSPS) is 18.8. The van der Waals surface area contributed by atoms with E-state index in [4.69, 9.17) is 4.74 Å². The summed E-state index contributed by atoms with van der Waals surface area (Å²) >= 11 is 0. The van der Waals surface area contributed by atoms with E-state index < -0.39 is 0 Å².